The number of ether oxygens (including phenoxy) is 2. The summed E-state index contributed by atoms with van der Waals surface area (Å²) in [5, 5.41) is 10.5. The van der Waals surface area contributed by atoms with E-state index in [4.69, 9.17) is 9.47 Å². The number of hydrogen-bond donors (Lipinski definition) is 2. The number of amides is 2. The Balaban J connectivity index is 1.16. The van der Waals surface area contributed by atoms with Gasteiger partial charge < -0.3 is 29.9 Å². The second kappa shape index (κ2) is 14.4. The van der Waals surface area contributed by atoms with E-state index in [1.807, 2.05) is 48.5 Å². The molecule has 2 aromatic heterocycles. The number of carbonyl (C=O) groups excluding carboxylic acids is 3. The summed E-state index contributed by atoms with van der Waals surface area (Å²) in [4.78, 5) is 45.6. The van der Waals surface area contributed by atoms with Crippen LogP contribution in [0.1, 0.15) is 44.5 Å². The fourth-order valence-corrected chi connectivity index (χ4v) is 7.05. The Morgan fingerprint density at radius 1 is 0.854 bits per heavy atom. The summed E-state index contributed by atoms with van der Waals surface area (Å²) in [5.41, 5.74) is 2.82. The van der Waals surface area contributed by atoms with Crippen LogP contribution in [0.3, 0.4) is 0 Å². The second-order valence-corrected chi connectivity index (χ2v) is 12.9. The zero-order valence-electron chi connectivity index (χ0n) is 26.3. The Hall–Kier alpha value is -5.04. The molecule has 2 amide bonds. The Bertz CT molecular complexity index is 1880. The number of nitrogens with one attached hydrogen (secondary N) is 2. The van der Waals surface area contributed by atoms with Gasteiger partial charge in [0.15, 0.2) is 5.82 Å². The Morgan fingerprint density at radius 3 is 2.25 bits per heavy atom. The lowest BCUT2D eigenvalue weighted by Gasteiger charge is -2.28. The third-order valence-electron chi connectivity index (χ3n) is 8.59. The van der Waals surface area contributed by atoms with Crippen molar-refractivity contribution in [2.24, 2.45) is 0 Å². The van der Waals surface area contributed by atoms with Gasteiger partial charge in [0.1, 0.15) is 5.75 Å². The van der Waals surface area contributed by atoms with Crippen molar-refractivity contribution in [3.8, 4) is 5.75 Å². The zero-order chi connectivity index (χ0) is 32.9. The number of benzene rings is 3. The summed E-state index contributed by atoms with van der Waals surface area (Å²) in [6, 6.07) is 27.3. The van der Waals surface area contributed by atoms with Crippen molar-refractivity contribution < 1.29 is 23.9 Å². The van der Waals surface area contributed by atoms with Crippen LogP contribution in [0.15, 0.2) is 91.0 Å². The van der Waals surface area contributed by atoms with Crippen LogP contribution in [0.2, 0.25) is 0 Å². The predicted molar refractivity (Wildman–Crippen MR) is 185 cm³/mol. The average molecular weight is 665 g/mol. The maximum Gasteiger partial charge on any atom is 0.440 e. The molecule has 2 N–H and O–H groups in total. The van der Waals surface area contributed by atoms with Gasteiger partial charge in [0.2, 0.25) is 0 Å². The summed E-state index contributed by atoms with van der Waals surface area (Å²) >= 11 is 1.16. The smallest absolute Gasteiger partial charge is 0.409 e. The van der Waals surface area contributed by atoms with Crippen molar-refractivity contribution in [3.63, 3.8) is 0 Å². The van der Waals surface area contributed by atoms with Gasteiger partial charge in [-0.05, 0) is 74.0 Å². The van der Waals surface area contributed by atoms with Crippen molar-refractivity contribution in [2.75, 3.05) is 56.2 Å². The summed E-state index contributed by atoms with van der Waals surface area (Å²) in [6.45, 7) is 5.61. The number of anilines is 2. The van der Waals surface area contributed by atoms with E-state index in [2.05, 4.69) is 25.5 Å². The first-order valence-corrected chi connectivity index (χ1v) is 17.0. The lowest BCUT2D eigenvalue weighted by Crippen LogP contribution is -2.36. The Morgan fingerprint density at radius 2 is 1.54 bits per heavy atom. The third-order valence-corrected chi connectivity index (χ3v) is 9.71. The minimum Gasteiger partial charge on any atom is -0.409 e. The molecular formula is C36H36N6O5S. The fraction of sp³-hybridized carbons (Fsp3) is 0.278. The molecule has 11 nitrogen and oxygen atoms in total. The Labute approximate surface area is 282 Å². The lowest BCUT2D eigenvalue weighted by atomic mass is 10.1. The second-order valence-electron chi connectivity index (χ2n) is 11.8. The van der Waals surface area contributed by atoms with Gasteiger partial charge in [0.25, 0.3) is 11.8 Å². The molecule has 0 bridgehead atoms. The van der Waals surface area contributed by atoms with Crippen molar-refractivity contribution in [1.29, 1.82) is 0 Å². The molecule has 1 atom stereocenters. The van der Waals surface area contributed by atoms with Crippen LogP contribution in [-0.2, 0) is 4.74 Å². The first-order valence-electron chi connectivity index (χ1n) is 16.1. The van der Waals surface area contributed by atoms with Crippen LogP contribution < -0.4 is 20.3 Å². The molecule has 0 unspecified atom stereocenters. The molecule has 7 rings (SSSR count). The molecule has 12 heteroatoms. The van der Waals surface area contributed by atoms with Crippen molar-refractivity contribution in [1.82, 2.24) is 20.0 Å². The molecule has 0 spiro atoms. The summed E-state index contributed by atoms with van der Waals surface area (Å²) < 4.78 is 12.6. The molecule has 4 heterocycles. The third kappa shape index (κ3) is 7.10. The quantitative estimate of drug-likeness (QED) is 0.203. The van der Waals surface area contributed by atoms with Gasteiger partial charge in [-0.2, -0.15) is 4.68 Å². The van der Waals surface area contributed by atoms with E-state index in [1.54, 1.807) is 42.5 Å². The van der Waals surface area contributed by atoms with E-state index in [0.29, 0.717) is 46.2 Å². The standard InChI is InChI=1S/C36H36N6O5S/c43-34(26-13-15-27(16-14-26)41-19-21-46-22-20-41)38-33-32-30(42(39-33)36(45)47-28-11-5-2-6-12-28)23-31(48-32)35(44)37-29(24-40-17-7-8-18-40)25-9-3-1-4-10-25/h1-6,9-16,23,29H,7-8,17-22,24H2,(H,37,44)(H,38,39,43)/t29-/m1/s1. The molecule has 3 aromatic carbocycles. The number of rotatable bonds is 9. The highest BCUT2D eigenvalue weighted by Gasteiger charge is 2.26. The highest BCUT2D eigenvalue weighted by Crippen LogP contribution is 2.33. The topological polar surface area (TPSA) is 118 Å². The van der Waals surface area contributed by atoms with Gasteiger partial charge in [-0.15, -0.1) is 16.4 Å². The molecule has 48 heavy (non-hydrogen) atoms. The van der Waals surface area contributed by atoms with Gasteiger partial charge in [0.05, 0.1) is 34.3 Å². The molecule has 0 radical (unpaired) electrons. The maximum absolute atomic E-state index is 13.8. The van der Waals surface area contributed by atoms with Crippen LogP contribution in [0.25, 0.3) is 10.2 Å². The average Bonchev–Trinajstić information content (AvgIpc) is 3.88. The molecule has 2 aliphatic rings. The molecule has 2 fully saturated rings. The van der Waals surface area contributed by atoms with Crippen molar-refractivity contribution in [3.05, 3.63) is 107 Å². The van der Waals surface area contributed by atoms with Crippen LogP contribution >= 0.6 is 11.3 Å². The number of fused-ring (bicyclic) bond motifs is 1. The SMILES string of the molecule is O=C(Nc1nn(C(=O)Oc2ccccc2)c2cc(C(=O)N[C@H](CN3CCCC3)c3ccccc3)sc12)c1ccc(N2CCOCC2)cc1. The molecule has 2 saturated heterocycles. The molecule has 0 saturated carbocycles. The van der Waals surface area contributed by atoms with Crippen LogP contribution in [-0.4, -0.2) is 78.5 Å². The maximum atomic E-state index is 13.8. The molecule has 0 aliphatic carbocycles. The van der Waals surface area contributed by atoms with Gasteiger partial charge in [-0.25, -0.2) is 4.79 Å². The zero-order valence-corrected chi connectivity index (χ0v) is 27.2. The monoisotopic (exact) mass is 664 g/mol. The lowest BCUT2D eigenvalue weighted by molar-refractivity contribution is 0.0930. The first-order chi connectivity index (χ1) is 23.5. The summed E-state index contributed by atoms with van der Waals surface area (Å²) in [6.07, 6.45) is 1.53. The number of hydrogen-bond acceptors (Lipinski definition) is 9. The number of nitrogens with zero attached hydrogens (tertiary/aromatic N) is 4. The Kier molecular flexibility index (Phi) is 9.46. The van der Waals surface area contributed by atoms with E-state index >= 15 is 0 Å². The van der Waals surface area contributed by atoms with E-state index in [1.165, 1.54) is 0 Å². The number of aromatic nitrogens is 2. The van der Waals surface area contributed by atoms with Gasteiger partial charge in [-0.3, -0.25) is 9.59 Å². The van der Waals surface area contributed by atoms with Crippen LogP contribution in [0.4, 0.5) is 16.3 Å². The number of carbonyl (C=O) groups is 3. The minimum atomic E-state index is -0.762. The van der Waals surface area contributed by atoms with Crippen molar-refractivity contribution in [2.45, 2.75) is 18.9 Å². The number of likely N-dealkylation sites (tertiary alicyclic amines) is 1. The van der Waals surface area contributed by atoms with Crippen molar-refractivity contribution >= 4 is 51.0 Å². The van der Waals surface area contributed by atoms with E-state index in [9.17, 15) is 14.4 Å². The molecule has 246 valence electrons. The van der Waals surface area contributed by atoms with Gasteiger partial charge >= 0.3 is 6.09 Å². The number of morpholine rings is 1. The molecule has 5 aromatic rings. The van der Waals surface area contributed by atoms with Gasteiger partial charge in [0, 0.05) is 30.9 Å². The highest BCUT2D eigenvalue weighted by atomic mass is 32.1. The molecular weight excluding hydrogens is 629 g/mol. The largest absolute Gasteiger partial charge is 0.440 e. The summed E-state index contributed by atoms with van der Waals surface area (Å²) in [5.74, 6) is -0.153. The van der Waals surface area contributed by atoms with E-state index in [0.717, 1.165) is 66.3 Å². The predicted octanol–water partition coefficient (Wildman–Crippen LogP) is 5.80. The first kappa shape index (κ1) is 31.6. The number of para-hydroxylation sites is 1. The normalized spacial score (nSPS) is 15.7. The van der Waals surface area contributed by atoms with E-state index in [-0.39, 0.29) is 23.7 Å². The summed E-state index contributed by atoms with van der Waals surface area (Å²) in [7, 11) is 0. The van der Waals surface area contributed by atoms with Crippen LogP contribution in [0, 0.1) is 0 Å². The highest BCUT2D eigenvalue weighted by molar-refractivity contribution is 7.21. The fourth-order valence-electron chi connectivity index (χ4n) is 6.07. The van der Waals surface area contributed by atoms with Gasteiger partial charge in [-0.1, -0.05) is 48.5 Å². The molecule has 2 aliphatic heterocycles. The number of thiophene rings is 1. The minimum absolute atomic E-state index is 0.165. The van der Waals surface area contributed by atoms with Crippen LogP contribution in [0.5, 0.6) is 5.75 Å². The van der Waals surface area contributed by atoms with E-state index < -0.39 is 6.09 Å².